The second-order valence-corrected chi connectivity index (χ2v) is 5.52. The Bertz CT molecular complexity index is 453. The maximum absolute atomic E-state index is 4.22. The largest absolute Gasteiger partial charge is 0.383 e. The van der Waals surface area contributed by atoms with Gasteiger partial charge < -0.3 is 5.32 Å². The summed E-state index contributed by atoms with van der Waals surface area (Å²) in [5.41, 5.74) is 1.13. The van der Waals surface area contributed by atoms with E-state index in [0.717, 1.165) is 23.2 Å². The lowest BCUT2D eigenvalue weighted by molar-refractivity contribution is 0.637. The number of anilines is 1. The van der Waals surface area contributed by atoms with Crippen molar-refractivity contribution in [3.63, 3.8) is 0 Å². The highest BCUT2D eigenvalue weighted by Gasteiger charge is 1.95. The van der Waals surface area contributed by atoms with Crippen molar-refractivity contribution in [2.45, 2.75) is 6.54 Å². The van der Waals surface area contributed by atoms with Crippen LogP contribution in [0.1, 0.15) is 0 Å². The summed E-state index contributed by atoms with van der Waals surface area (Å²) in [5, 5.41) is 7.57. The van der Waals surface area contributed by atoms with Gasteiger partial charge in [0.1, 0.15) is 0 Å². The highest BCUT2D eigenvalue weighted by Crippen LogP contribution is 2.13. The van der Waals surface area contributed by atoms with Gasteiger partial charge in [-0.3, -0.25) is 4.68 Å². The summed E-state index contributed by atoms with van der Waals surface area (Å²) in [6.07, 6.45) is 3.89. The van der Waals surface area contributed by atoms with Gasteiger partial charge in [-0.15, -0.1) is 0 Å². The van der Waals surface area contributed by atoms with Gasteiger partial charge in [0.2, 0.25) is 0 Å². The van der Waals surface area contributed by atoms with Gasteiger partial charge in [0.15, 0.2) is 0 Å². The van der Waals surface area contributed by atoms with E-state index in [1.54, 1.807) is 0 Å². The lowest BCUT2D eigenvalue weighted by Gasteiger charge is -2.06. The van der Waals surface area contributed by atoms with Crippen molar-refractivity contribution >= 4 is 44.2 Å². The summed E-state index contributed by atoms with van der Waals surface area (Å²) in [4.78, 5) is 0. The molecule has 0 unspecified atom stereocenters. The third kappa shape index (κ3) is 3.48. The predicted octanol–water partition coefficient (Wildman–Crippen LogP) is 3.36. The number of nitrogens with zero attached hydrogens (tertiary/aromatic N) is 2. The maximum Gasteiger partial charge on any atom is 0.0623 e. The van der Waals surface area contributed by atoms with E-state index < -0.39 is 0 Å². The molecule has 0 spiro atoms. The van der Waals surface area contributed by atoms with Gasteiger partial charge in [0.25, 0.3) is 0 Å². The molecule has 0 radical (unpaired) electrons. The van der Waals surface area contributed by atoms with Crippen LogP contribution in [0.15, 0.2) is 41.1 Å². The minimum Gasteiger partial charge on any atom is -0.383 e. The molecule has 0 atom stereocenters. The summed E-state index contributed by atoms with van der Waals surface area (Å²) in [7, 11) is 0. The van der Waals surface area contributed by atoms with Crippen LogP contribution in [-0.2, 0) is 6.54 Å². The number of hydrogen-bond acceptors (Lipinski definition) is 2. The molecule has 0 aliphatic heterocycles. The van der Waals surface area contributed by atoms with Gasteiger partial charge in [-0.2, -0.15) is 5.10 Å². The molecule has 0 saturated carbocycles. The van der Waals surface area contributed by atoms with Crippen LogP contribution < -0.4 is 5.32 Å². The Morgan fingerprint density at radius 1 is 1.31 bits per heavy atom. The zero-order valence-electron chi connectivity index (χ0n) is 8.53. The standard InChI is InChI=1S/C11H11BrIN3/c12-9-1-3-11(4-2-9)14-5-6-16-8-10(13)7-15-16/h1-4,7-8,14H,5-6H2. The summed E-state index contributed by atoms with van der Waals surface area (Å²) in [6.45, 7) is 1.75. The summed E-state index contributed by atoms with van der Waals surface area (Å²) in [6, 6.07) is 8.16. The number of benzene rings is 1. The van der Waals surface area contributed by atoms with Crippen LogP contribution in [0.5, 0.6) is 0 Å². The highest BCUT2D eigenvalue weighted by atomic mass is 127. The normalized spacial score (nSPS) is 10.4. The first-order valence-corrected chi connectivity index (χ1v) is 6.78. The summed E-state index contributed by atoms with van der Waals surface area (Å²) >= 11 is 5.67. The Morgan fingerprint density at radius 3 is 2.69 bits per heavy atom. The molecule has 84 valence electrons. The van der Waals surface area contributed by atoms with E-state index in [0.29, 0.717) is 0 Å². The molecular formula is C11H11BrIN3. The van der Waals surface area contributed by atoms with Crippen molar-refractivity contribution < 1.29 is 0 Å². The first kappa shape index (κ1) is 11.9. The molecule has 0 bridgehead atoms. The Balaban J connectivity index is 1.82. The number of halogens is 2. The first-order valence-electron chi connectivity index (χ1n) is 4.91. The van der Waals surface area contributed by atoms with Crippen molar-refractivity contribution in [3.05, 3.63) is 44.7 Å². The third-order valence-corrected chi connectivity index (χ3v) is 3.20. The molecule has 1 N–H and O–H groups in total. The smallest absolute Gasteiger partial charge is 0.0623 e. The zero-order chi connectivity index (χ0) is 11.4. The topological polar surface area (TPSA) is 29.9 Å². The third-order valence-electron chi connectivity index (χ3n) is 2.12. The second-order valence-electron chi connectivity index (χ2n) is 3.36. The molecule has 0 fully saturated rings. The van der Waals surface area contributed by atoms with Crippen molar-refractivity contribution in [1.82, 2.24) is 9.78 Å². The average Bonchev–Trinajstić information content (AvgIpc) is 2.67. The molecule has 0 saturated heterocycles. The predicted molar refractivity (Wildman–Crippen MR) is 77.6 cm³/mol. The molecule has 5 heteroatoms. The van der Waals surface area contributed by atoms with E-state index in [9.17, 15) is 0 Å². The van der Waals surface area contributed by atoms with Crippen molar-refractivity contribution in [3.8, 4) is 0 Å². The number of nitrogens with one attached hydrogen (secondary N) is 1. The van der Waals surface area contributed by atoms with Gasteiger partial charge in [-0.05, 0) is 46.9 Å². The molecule has 1 aromatic heterocycles. The van der Waals surface area contributed by atoms with Gasteiger partial charge in [0, 0.05) is 22.9 Å². The monoisotopic (exact) mass is 391 g/mol. The van der Waals surface area contributed by atoms with Crippen molar-refractivity contribution in [2.75, 3.05) is 11.9 Å². The van der Waals surface area contributed by atoms with Crippen LogP contribution in [0.3, 0.4) is 0 Å². The van der Waals surface area contributed by atoms with E-state index in [1.165, 1.54) is 3.57 Å². The quantitative estimate of drug-likeness (QED) is 0.810. The Labute approximate surface area is 117 Å². The minimum absolute atomic E-state index is 0.874. The SMILES string of the molecule is Brc1ccc(NCCn2cc(I)cn2)cc1. The van der Waals surface area contributed by atoms with Gasteiger partial charge in [-0.25, -0.2) is 0 Å². The number of aromatic nitrogens is 2. The maximum atomic E-state index is 4.22. The fraction of sp³-hybridized carbons (Fsp3) is 0.182. The molecule has 1 heterocycles. The number of rotatable bonds is 4. The highest BCUT2D eigenvalue weighted by molar-refractivity contribution is 14.1. The summed E-state index contributed by atoms with van der Waals surface area (Å²) < 4.78 is 4.20. The van der Waals surface area contributed by atoms with Crippen molar-refractivity contribution in [2.24, 2.45) is 0 Å². The van der Waals surface area contributed by atoms with Gasteiger partial charge >= 0.3 is 0 Å². The van der Waals surface area contributed by atoms with Crippen LogP contribution in [0.4, 0.5) is 5.69 Å². The van der Waals surface area contributed by atoms with Gasteiger partial charge in [-0.1, -0.05) is 15.9 Å². The Hall–Kier alpha value is -0.560. The van der Waals surface area contributed by atoms with Crippen LogP contribution in [0, 0.1) is 3.57 Å². The van der Waals surface area contributed by atoms with E-state index >= 15 is 0 Å². The van der Waals surface area contributed by atoms with Crippen LogP contribution >= 0.6 is 38.5 Å². The van der Waals surface area contributed by atoms with Crippen LogP contribution in [-0.4, -0.2) is 16.3 Å². The first-order chi connectivity index (χ1) is 7.74. The van der Waals surface area contributed by atoms with E-state index in [-0.39, 0.29) is 0 Å². The Kier molecular flexibility index (Phi) is 4.22. The fourth-order valence-corrected chi connectivity index (χ4v) is 2.05. The second kappa shape index (κ2) is 5.67. The van der Waals surface area contributed by atoms with Crippen molar-refractivity contribution in [1.29, 1.82) is 0 Å². The van der Waals surface area contributed by atoms with E-state index in [4.69, 9.17) is 0 Å². The molecule has 0 aliphatic carbocycles. The molecular weight excluding hydrogens is 381 g/mol. The lowest BCUT2D eigenvalue weighted by Crippen LogP contribution is -2.10. The molecule has 2 aromatic rings. The molecule has 1 aromatic carbocycles. The molecule has 2 rings (SSSR count). The summed E-state index contributed by atoms with van der Waals surface area (Å²) in [5.74, 6) is 0. The van der Waals surface area contributed by atoms with Crippen LogP contribution in [0.2, 0.25) is 0 Å². The Morgan fingerprint density at radius 2 is 2.06 bits per heavy atom. The number of hydrogen-bond donors (Lipinski definition) is 1. The lowest BCUT2D eigenvalue weighted by atomic mass is 10.3. The molecule has 0 amide bonds. The van der Waals surface area contributed by atoms with E-state index in [1.807, 2.05) is 29.2 Å². The zero-order valence-corrected chi connectivity index (χ0v) is 12.3. The molecule has 3 nitrogen and oxygen atoms in total. The minimum atomic E-state index is 0.874. The average molecular weight is 392 g/mol. The molecule has 16 heavy (non-hydrogen) atoms. The fourth-order valence-electron chi connectivity index (χ4n) is 1.34. The van der Waals surface area contributed by atoms with Gasteiger partial charge in [0.05, 0.1) is 16.3 Å². The van der Waals surface area contributed by atoms with E-state index in [2.05, 4.69) is 61.1 Å². The van der Waals surface area contributed by atoms with Crippen LogP contribution in [0.25, 0.3) is 0 Å². The molecule has 0 aliphatic rings.